The third-order valence-corrected chi connectivity index (χ3v) is 2.73. The van der Waals surface area contributed by atoms with Crippen molar-refractivity contribution in [3.63, 3.8) is 0 Å². The molecule has 0 amide bonds. The van der Waals surface area contributed by atoms with E-state index in [1.165, 1.54) is 6.07 Å². The summed E-state index contributed by atoms with van der Waals surface area (Å²) in [6.07, 6.45) is 0.339. The van der Waals surface area contributed by atoms with Gasteiger partial charge < -0.3 is 15.2 Å². The van der Waals surface area contributed by atoms with E-state index in [-0.39, 0.29) is 17.7 Å². The van der Waals surface area contributed by atoms with Gasteiger partial charge in [0, 0.05) is 24.7 Å². The molecule has 18 heavy (non-hydrogen) atoms. The number of aldehydes is 1. The van der Waals surface area contributed by atoms with Gasteiger partial charge in [0.05, 0.1) is 6.42 Å². The second-order valence-electron chi connectivity index (χ2n) is 4.30. The maximum Gasteiger partial charge on any atom is 0.307 e. The van der Waals surface area contributed by atoms with Crippen LogP contribution in [0.5, 0.6) is 5.75 Å². The van der Waals surface area contributed by atoms with E-state index >= 15 is 0 Å². The molecule has 0 spiro atoms. The molecule has 1 heterocycles. The number of aliphatic carboxylic acids is 1. The molecule has 1 aliphatic heterocycles. The normalized spacial score (nSPS) is 16.7. The molecule has 1 aromatic carbocycles. The first-order valence-corrected chi connectivity index (χ1v) is 5.40. The number of carbonyl (C=O) groups is 2. The quantitative estimate of drug-likeness (QED) is 0.760. The Morgan fingerprint density at radius 2 is 2.22 bits per heavy atom. The predicted molar refractivity (Wildman–Crippen MR) is 60.3 cm³/mol. The molecule has 96 valence electrons. The van der Waals surface area contributed by atoms with Crippen molar-refractivity contribution in [3.8, 4) is 5.75 Å². The maximum atomic E-state index is 13.2. The number of hydrogen-bond acceptors (Lipinski definition) is 4. The van der Waals surface area contributed by atoms with Crippen LogP contribution in [-0.4, -0.2) is 36.1 Å². The van der Waals surface area contributed by atoms with Crippen molar-refractivity contribution in [3.05, 3.63) is 29.6 Å². The largest absolute Gasteiger partial charge is 0.484 e. The van der Waals surface area contributed by atoms with Gasteiger partial charge in [0.2, 0.25) is 0 Å². The SMILES string of the molecule is O=Cc1cc(F)cc(OC2(CC(=O)O)CNC2)c1. The molecule has 0 bridgehead atoms. The van der Waals surface area contributed by atoms with E-state index in [0.717, 1.165) is 12.1 Å². The molecule has 6 heteroatoms. The van der Waals surface area contributed by atoms with Crippen LogP contribution in [0.25, 0.3) is 0 Å². The Bertz CT molecular complexity index is 485. The van der Waals surface area contributed by atoms with Crippen molar-refractivity contribution in [1.82, 2.24) is 5.32 Å². The van der Waals surface area contributed by atoms with Crippen LogP contribution in [0.2, 0.25) is 0 Å². The molecule has 1 aromatic rings. The van der Waals surface area contributed by atoms with Gasteiger partial charge in [0.25, 0.3) is 0 Å². The van der Waals surface area contributed by atoms with Crippen LogP contribution in [0.3, 0.4) is 0 Å². The zero-order chi connectivity index (χ0) is 13.2. The first-order valence-electron chi connectivity index (χ1n) is 5.40. The highest BCUT2D eigenvalue weighted by atomic mass is 19.1. The first kappa shape index (κ1) is 12.5. The van der Waals surface area contributed by atoms with Gasteiger partial charge in [-0.15, -0.1) is 0 Å². The number of benzene rings is 1. The van der Waals surface area contributed by atoms with E-state index in [1.54, 1.807) is 0 Å². The zero-order valence-corrected chi connectivity index (χ0v) is 9.48. The van der Waals surface area contributed by atoms with Crippen molar-refractivity contribution in [1.29, 1.82) is 0 Å². The molecule has 2 rings (SSSR count). The molecule has 1 aliphatic rings. The van der Waals surface area contributed by atoms with E-state index < -0.39 is 17.4 Å². The standard InChI is InChI=1S/C12H12FNO4/c13-9-1-8(5-15)2-10(3-9)18-12(4-11(16)17)6-14-7-12/h1-3,5,14H,4,6-7H2,(H,16,17). The average Bonchev–Trinajstić information content (AvgIpc) is 2.24. The molecular formula is C12H12FNO4. The third kappa shape index (κ3) is 2.65. The summed E-state index contributed by atoms with van der Waals surface area (Å²) in [5.41, 5.74) is -0.706. The Labute approximate surface area is 103 Å². The summed E-state index contributed by atoms with van der Waals surface area (Å²) >= 11 is 0. The molecule has 1 fully saturated rings. The summed E-state index contributed by atoms with van der Waals surface area (Å²) in [7, 11) is 0. The molecule has 0 unspecified atom stereocenters. The minimum absolute atomic E-state index is 0.155. The minimum Gasteiger partial charge on any atom is -0.484 e. The van der Waals surface area contributed by atoms with E-state index in [1.807, 2.05) is 0 Å². The van der Waals surface area contributed by atoms with E-state index in [9.17, 15) is 14.0 Å². The van der Waals surface area contributed by atoms with E-state index in [4.69, 9.17) is 9.84 Å². The second-order valence-corrected chi connectivity index (χ2v) is 4.30. The molecule has 2 N–H and O–H groups in total. The van der Waals surface area contributed by atoms with Gasteiger partial charge in [-0.1, -0.05) is 0 Å². The predicted octanol–water partition coefficient (Wildman–Crippen LogP) is 0.834. The summed E-state index contributed by atoms with van der Waals surface area (Å²) in [6, 6.07) is 3.61. The summed E-state index contributed by atoms with van der Waals surface area (Å²) in [5, 5.41) is 11.7. The minimum atomic E-state index is -0.983. The smallest absolute Gasteiger partial charge is 0.307 e. The maximum absolute atomic E-state index is 13.2. The highest BCUT2D eigenvalue weighted by Gasteiger charge is 2.41. The topological polar surface area (TPSA) is 75.6 Å². The van der Waals surface area contributed by atoms with E-state index in [2.05, 4.69) is 5.32 Å². The fraction of sp³-hybridized carbons (Fsp3) is 0.333. The summed E-state index contributed by atoms with van der Waals surface area (Å²) in [6.45, 7) is 0.762. The van der Waals surface area contributed by atoms with Gasteiger partial charge in [-0.3, -0.25) is 9.59 Å². The lowest BCUT2D eigenvalue weighted by Gasteiger charge is -2.41. The summed E-state index contributed by atoms with van der Waals surface area (Å²) in [5.74, 6) is -1.41. The number of carboxylic acids is 1. The van der Waals surface area contributed by atoms with Gasteiger partial charge in [0.1, 0.15) is 23.5 Å². The molecular weight excluding hydrogens is 241 g/mol. The average molecular weight is 253 g/mol. The highest BCUT2D eigenvalue weighted by Crippen LogP contribution is 2.26. The number of nitrogens with one attached hydrogen (secondary N) is 1. The van der Waals surface area contributed by atoms with Crippen LogP contribution in [0.1, 0.15) is 16.8 Å². The van der Waals surface area contributed by atoms with Crippen molar-refractivity contribution >= 4 is 12.3 Å². The highest BCUT2D eigenvalue weighted by molar-refractivity contribution is 5.75. The fourth-order valence-electron chi connectivity index (χ4n) is 1.87. The Kier molecular flexibility index (Phi) is 3.29. The van der Waals surface area contributed by atoms with Crippen molar-refractivity contribution in [2.45, 2.75) is 12.0 Å². The number of carboxylic acid groups (broad SMARTS) is 1. The lowest BCUT2D eigenvalue weighted by atomic mass is 9.92. The molecule has 0 aliphatic carbocycles. The number of halogens is 1. The van der Waals surface area contributed by atoms with Crippen molar-refractivity contribution < 1.29 is 23.8 Å². The molecule has 0 saturated carbocycles. The van der Waals surface area contributed by atoms with Crippen LogP contribution in [0.15, 0.2) is 18.2 Å². The second kappa shape index (κ2) is 4.73. The van der Waals surface area contributed by atoms with Crippen LogP contribution < -0.4 is 10.1 Å². The van der Waals surface area contributed by atoms with Crippen LogP contribution in [0.4, 0.5) is 4.39 Å². The lowest BCUT2D eigenvalue weighted by Crippen LogP contribution is -2.64. The Balaban J connectivity index is 2.19. The van der Waals surface area contributed by atoms with Gasteiger partial charge in [-0.2, -0.15) is 0 Å². The van der Waals surface area contributed by atoms with Crippen LogP contribution in [-0.2, 0) is 4.79 Å². The van der Waals surface area contributed by atoms with Gasteiger partial charge in [0.15, 0.2) is 0 Å². The van der Waals surface area contributed by atoms with Crippen LogP contribution >= 0.6 is 0 Å². The number of carbonyl (C=O) groups excluding carboxylic acids is 1. The number of ether oxygens (including phenoxy) is 1. The Morgan fingerprint density at radius 3 is 2.72 bits per heavy atom. The Hall–Kier alpha value is -1.95. The fourth-order valence-corrected chi connectivity index (χ4v) is 1.87. The van der Waals surface area contributed by atoms with Crippen molar-refractivity contribution in [2.75, 3.05) is 13.1 Å². The Morgan fingerprint density at radius 1 is 1.50 bits per heavy atom. The van der Waals surface area contributed by atoms with E-state index in [0.29, 0.717) is 19.4 Å². The molecule has 0 radical (unpaired) electrons. The first-order chi connectivity index (χ1) is 8.53. The van der Waals surface area contributed by atoms with Gasteiger partial charge >= 0.3 is 5.97 Å². The van der Waals surface area contributed by atoms with Crippen LogP contribution in [0, 0.1) is 5.82 Å². The molecule has 0 atom stereocenters. The zero-order valence-electron chi connectivity index (χ0n) is 9.48. The number of hydrogen-bond donors (Lipinski definition) is 2. The monoisotopic (exact) mass is 253 g/mol. The summed E-state index contributed by atoms with van der Waals surface area (Å²) in [4.78, 5) is 21.4. The summed E-state index contributed by atoms with van der Waals surface area (Å²) < 4.78 is 18.7. The van der Waals surface area contributed by atoms with Gasteiger partial charge in [-0.25, -0.2) is 4.39 Å². The van der Waals surface area contributed by atoms with Gasteiger partial charge in [-0.05, 0) is 12.1 Å². The third-order valence-electron chi connectivity index (χ3n) is 2.73. The number of rotatable bonds is 5. The molecule has 5 nitrogen and oxygen atoms in total. The van der Waals surface area contributed by atoms with Crippen molar-refractivity contribution in [2.24, 2.45) is 0 Å². The molecule has 1 saturated heterocycles. The molecule has 0 aromatic heterocycles. The lowest BCUT2D eigenvalue weighted by molar-refractivity contribution is -0.143.